The van der Waals surface area contributed by atoms with Crippen LogP contribution in [0.3, 0.4) is 0 Å². The quantitative estimate of drug-likeness (QED) is 0.434. The Balaban J connectivity index is 1.94. The fourth-order valence-corrected chi connectivity index (χ4v) is 4.59. The van der Waals surface area contributed by atoms with Gasteiger partial charge in [0.25, 0.3) is 0 Å². The minimum Gasteiger partial charge on any atom is -0.444 e. The maximum Gasteiger partial charge on any atom is 0.412 e. The summed E-state index contributed by atoms with van der Waals surface area (Å²) in [6, 6.07) is 20.3. The van der Waals surface area contributed by atoms with Crippen LogP contribution in [0.4, 0.5) is 4.79 Å². The number of aliphatic imine (C=N–C) groups is 1. The lowest BCUT2D eigenvalue weighted by atomic mass is 9.99. The fraction of sp³-hybridized carbons (Fsp3) is 0.500. The third-order valence-corrected chi connectivity index (χ3v) is 6.17. The van der Waals surface area contributed by atoms with Gasteiger partial charge >= 0.3 is 6.09 Å². The van der Waals surface area contributed by atoms with Crippen LogP contribution >= 0.6 is 0 Å². The van der Waals surface area contributed by atoms with Crippen LogP contribution in [0.15, 0.2) is 65.7 Å². The Kier molecular flexibility index (Phi) is 7.96. The van der Waals surface area contributed by atoms with E-state index in [0.29, 0.717) is 6.61 Å². The first-order valence-corrected chi connectivity index (χ1v) is 12.0. The molecule has 1 amide bonds. The summed E-state index contributed by atoms with van der Waals surface area (Å²) in [5.74, 6) is 0. The van der Waals surface area contributed by atoms with Gasteiger partial charge in [0.2, 0.25) is 0 Å². The summed E-state index contributed by atoms with van der Waals surface area (Å²) in [4.78, 5) is 20.3. The molecular formula is C28H38N2O3. The van der Waals surface area contributed by atoms with Gasteiger partial charge in [-0.15, -0.1) is 0 Å². The lowest BCUT2D eigenvalue weighted by Gasteiger charge is -2.38. The van der Waals surface area contributed by atoms with Crippen LogP contribution in [0.5, 0.6) is 0 Å². The number of benzene rings is 2. The molecule has 0 radical (unpaired) electrons. The molecule has 2 aromatic rings. The van der Waals surface area contributed by atoms with E-state index in [2.05, 4.69) is 38.1 Å². The summed E-state index contributed by atoms with van der Waals surface area (Å²) in [5.41, 5.74) is 1.89. The molecule has 178 valence electrons. The van der Waals surface area contributed by atoms with Gasteiger partial charge in [-0.1, -0.05) is 80.9 Å². The first kappa shape index (κ1) is 25.0. The molecule has 33 heavy (non-hydrogen) atoms. The summed E-state index contributed by atoms with van der Waals surface area (Å²) < 4.78 is 12.1. The number of hydrogen-bond acceptors (Lipinski definition) is 4. The second-order valence-corrected chi connectivity index (χ2v) is 9.78. The Hall–Kier alpha value is -2.66. The van der Waals surface area contributed by atoms with E-state index in [-0.39, 0.29) is 18.2 Å². The van der Waals surface area contributed by atoms with E-state index in [1.54, 1.807) is 4.90 Å². The number of nitrogens with zero attached hydrogens (tertiary/aromatic N) is 2. The highest BCUT2D eigenvalue weighted by Gasteiger charge is 2.50. The normalized spacial score (nSPS) is 18.4. The van der Waals surface area contributed by atoms with Crippen LogP contribution in [-0.2, 0) is 9.47 Å². The van der Waals surface area contributed by atoms with Crippen LogP contribution in [0.2, 0.25) is 0 Å². The van der Waals surface area contributed by atoms with Gasteiger partial charge < -0.3 is 9.47 Å². The Morgan fingerprint density at radius 2 is 1.55 bits per heavy atom. The minimum absolute atomic E-state index is 0.154. The van der Waals surface area contributed by atoms with Crippen molar-refractivity contribution in [3.05, 3.63) is 71.8 Å². The van der Waals surface area contributed by atoms with E-state index in [9.17, 15) is 4.79 Å². The SMILES string of the molecule is CCC[C@@H](OC(=O)N1C(C)(C)COC1(C)C)[C@@H](CC)N=C(c1ccccc1)c1ccccc1. The van der Waals surface area contributed by atoms with Gasteiger partial charge in [0.1, 0.15) is 11.8 Å². The number of carbonyl (C=O) groups excluding carboxylic acids is 1. The lowest BCUT2D eigenvalue weighted by Crippen LogP contribution is -2.54. The Morgan fingerprint density at radius 1 is 1.00 bits per heavy atom. The molecule has 2 aromatic carbocycles. The molecule has 0 unspecified atom stereocenters. The zero-order valence-corrected chi connectivity index (χ0v) is 20.9. The molecule has 1 aliphatic heterocycles. The third-order valence-electron chi connectivity index (χ3n) is 6.17. The summed E-state index contributed by atoms with van der Waals surface area (Å²) in [6.07, 6.45) is 1.77. The van der Waals surface area contributed by atoms with Gasteiger partial charge in [-0.3, -0.25) is 9.89 Å². The molecule has 3 rings (SSSR count). The van der Waals surface area contributed by atoms with Crippen LogP contribution in [-0.4, -0.2) is 46.7 Å². The van der Waals surface area contributed by atoms with Crippen molar-refractivity contribution in [2.75, 3.05) is 6.61 Å². The van der Waals surface area contributed by atoms with Crippen molar-refractivity contribution in [1.29, 1.82) is 0 Å². The molecule has 1 fully saturated rings. The molecule has 1 aliphatic rings. The van der Waals surface area contributed by atoms with Crippen molar-refractivity contribution >= 4 is 11.8 Å². The molecule has 0 N–H and O–H groups in total. The highest BCUT2D eigenvalue weighted by atomic mass is 16.6. The summed E-state index contributed by atoms with van der Waals surface area (Å²) in [7, 11) is 0. The Labute approximate surface area is 198 Å². The smallest absolute Gasteiger partial charge is 0.412 e. The van der Waals surface area contributed by atoms with Crippen LogP contribution in [0.25, 0.3) is 0 Å². The van der Waals surface area contributed by atoms with E-state index in [4.69, 9.17) is 14.5 Å². The first-order chi connectivity index (χ1) is 15.7. The molecule has 0 saturated carbocycles. The zero-order chi connectivity index (χ0) is 24.1. The van der Waals surface area contributed by atoms with Crippen molar-refractivity contribution in [3.63, 3.8) is 0 Å². The Bertz CT molecular complexity index is 881. The molecule has 1 heterocycles. The topological polar surface area (TPSA) is 51.1 Å². The van der Waals surface area contributed by atoms with Crippen molar-refractivity contribution in [3.8, 4) is 0 Å². The molecule has 0 aliphatic carbocycles. The highest BCUT2D eigenvalue weighted by molar-refractivity contribution is 6.13. The largest absolute Gasteiger partial charge is 0.444 e. The summed E-state index contributed by atoms with van der Waals surface area (Å²) >= 11 is 0. The van der Waals surface area contributed by atoms with Crippen molar-refractivity contribution in [2.45, 2.75) is 84.2 Å². The van der Waals surface area contributed by atoms with Crippen molar-refractivity contribution < 1.29 is 14.3 Å². The molecule has 5 heteroatoms. The average Bonchev–Trinajstić information content (AvgIpc) is 3.02. The number of carbonyl (C=O) groups is 1. The second-order valence-electron chi connectivity index (χ2n) is 9.78. The molecular weight excluding hydrogens is 412 g/mol. The molecule has 0 aromatic heterocycles. The summed E-state index contributed by atoms with van der Waals surface area (Å²) in [5, 5.41) is 0. The van der Waals surface area contributed by atoms with Crippen LogP contribution < -0.4 is 0 Å². The lowest BCUT2D eigenvalue weighted by molar-refractivity contribution is -0.0609. The monoisotopic (exact) mass is 450 g/mol. The van der Waals surface area contributed by atoms with E-state index >= 15 is 0 Å². The first-order valence-electron chi connectivity index (χ1n) is 12.0. The highest BCUT2D eigenvalue weighted by Crippen LogP contribution is 2.35. The standard InChI is InChI=1S/C28H38N2O3/c1-7-15-24(33-26(31)30-27(3,4)20-32-28(30,5)6)23(8-2)29-25(21-16-11-9-12-17-21)22-18-13-10-14-19-22/h9-14,16-19,23-24H,7-8,15,20H2,1-6H3/t23-,24-/m1/s1. The van der Waals surface area contributed by atoms with Crippen LogP contribution in [0.1, 0.15) is 71.9 Å². The number of amides is 1. The maximum atomic E-state index is 13.4. The molecule has 5 nitrogen and oxygen atoms in total. The predicted octanol–water partition coefficient (Wildman–Crippen LogP) is 6.45. The summed E-state index contributed by atoms with van der Waals surface area (Å²) in [6.45, 7) is 12.5. The van der Waals surface area contributed by atoms with Gasteiger partial charge in [0.05, 0.1) is 23.9 Å². The van der Waals surface area contributed by atoms with Gasteiger partial charge in [0.15, 0.2) is 0 Å². The zero-order valence-electron chi connectivity index (χ0n) is 20.9. The molecule has 1 saturated heterocycles. The molecule has 0 bridgehead atoms. The molecule has 2 atom stereocenters. The average molecular weight is 451 g/mol. The molecule has 0 spiro atoms. The van der Waals surface area contributed by atoms with E-state index in [1.165, 1.54) is 0 Å². The van der Waals surface area contributed by atoms with Gasteiger partial charge in [-0.25, -0.2) is 4.79 Å². The van der Waals surface area contributed by atoms with E-state index in [0.717, 1.165) is 36.1 Å². The van der Waals surface area contributed by atoms with Crippen molar-refractivity contribution in [1.82, 2.24) is 4.90 Å². The second kappa shape index (κ2) is 10.5. The van der Waals surface area contributed by atoms with Crippen molar-refractivity contribution in [2.24, 2.45) is 4.99 Å². The van der Waals surface area contributed by atoms with Gasteiger partial charge in [0, 0.05) is 11.1 Å². The minimum atomic E-state index is -0.707. The van der Waals surface area contributed by atoms with E-state index in [1.807, 2.05) is 64.1 Å². The van der Waals surface area contributed by atoms with E-state index < -0.39 is 11.3 Å². The Morgan fingerprint density at radius 3 is 1.97 bits per heavy atom. The number of rotatable bonds is 8. The number of ether oxygens (including phenoxy) is 2. The van der Waals surface area contributed by atoms with Crippen LogP contribution in [0, 0.1) is 0 Å². The van der Waals surface area contributed by atoms with Gasteiger partial charge in [-0.2, -0.15) is 0 Å². The maximum absolute atomic E-state index is 13.4. The predicted molar refractivity (Wildman–Crippen MR) is 134 cm³/mol. The third kappa shape index (κ3) is 5.83. The number of hydrogen-bond donors (Lipinski definition) is 0. The fourth-order valence-electron chi connectivity index (χ4n) is 4.59. The van der Waals surface area contributed by atoms with Gasteiger partial charge in [-0.05, 0) is 40.5 Å².